The highest BCUT2D eigenvalue weighted by Gasteiger charge is 2.34. The summed E-state index contributed by atoms with van der Waals surface area (Å²) < 4.78 is 0. The highest BCUT2D eigenvalue weighted by molar-refractivity contribution is 4.87. The van der Waals surface area contributed by atoms with Gasteiger partial charge in [-0.3, -0.25) is 0 Å². The molecule has 2 fully saturated rings. The van der Waals surface area contributed by atoms with E-state index in [1.165, 1.54) is 64.2 Å². The molecule has 118 valence electrons. The molecule has 2 aliphatic carbocycles. The third kappa shape index (κ3) is 4.21. The van der Waals surface area contributed by atoms with Gasteiger partial charge in [-0.05, 0) is 68.6 Å². The van der Waals surface area contributed by atoms with Crippen LogP contribution < -0.4 is 11.5 Å². The van der Waals surface area contributed by atoms with Crippen molar-refractivity contribution in [3.8, 4) is 0 Å². The predicted molar refractivity (Wildman–Crippen MR) is 87.4 cm³/mol. The Labute approximate surface area is 126 Å². The Morgan fingerprint density at radius 1 is 0.850 bits per heavy atom. The van der Waals surface area contributed by atoms with Crippen LogP contribution in [0.1, 0.15) is 78.1 Å². The van der Waals surface area contributed by atoms with Crippen LogP contribution in [0.25, 0.3) is 0 Å². The van der Waals surface area contributed by atoms with Gasteiger partial charge in [-0.2, -0.15) is 0 Å². The Kier molecular flexibility index (Phi) is 6.35. The molecule has 6 atom stereocenters. The second-order valence-electron chi connectivity index (χ2n) is 7.62. The second kappa shape index (κ2) is 7.79. The van der Waals surface area contributed by atoms with Gasteiger partial charge in [-0.1, -0.05) is 33.1 Å². The fraction of sp³-hybridized carbons (Fsp3) is 1.00. The maximum absolute atomic E-state index is 6.15. The van der Waals surface area contributed by atoms with E-state index in [1.54, 1.807) is 0 Å². The van der Waals surface area contributed by atoms with Crippen LogP contribution in [0.5, 0.6) is 0 Å². The molecule has 0 aromatic carbocycles. The molecule has 2 heteroatoms. The SMILES string of the molecule is CCCC(CC(CC)C1CCC(N)C1)C1CCC(N)C1. The molecule has 2 rings (SSSR count). The van der Waals surface area contributed by atoms with Crippen molar-refractivity contribution in [3.63, 3.8) is 0 Å². The first-order valence-corrected chi connectivity index (χ1v) is 9.15. The number of hydrogen-bond acceptors (Lipinski definition) is 2. The number of hydrogen-bond donors (Lipinski definition) is 2. The average Bonchev–Trinajstić information content (AvgIpc) is 3.03. The molecule has 2 saturated carbocycles. The summed E-state index contributed by atoms with van der Waals surface area (Å²) in [7, 11) is 0. The summed E-state index contributed by atoms with van der Waals surface area (Å²) in [5.41, 5.74) is 12.3. The molecule has 0 aromatic rings. The van der Waals surface area contributed by atoms with Gasteiger partial charge in [0, 0.05) is 12.1 Å². The Bertz CT molecular complexity index is 279. The minimum Gasteiger partial charge on any atom is -0.328 e. The van der Waals surface area contributed by atoms with Crippen molar-refractivity contribution in [3.05, 3.63) is 0 Å². The van der Waals surface area contributed by atoms with Crippen molar-refractivity contribution in [2.45, 2.75) is 90.1 Å². The van der Waals surface area contributed by atoms with Gasteiger partial charge in [-0.25, -0.2) is 0 Å². The first kappa shape index (κ1) is 16.3. The normalized spacial score (nSPS) is 37.2. The maximum Gasteiger partial charge on any atom is 0.00416 e. The average molecular weight is 280 g/mol. The van der Waals surface area contributed by atoms with E-state index in [2.05, 4.69) is 13.8 Å². The van der Waals surface area contributed by atoms with E-state index < -0.39 is 0 Å². The zero-order valence-corrected chi connectivity index (χ0v) is 13.7. The molecular weight excluding hydrogens is 244 g/mol. The van der Waals surface area contributed by atoms with Gasteiger partial charge in [0.15, 0.2) is 0 Å². The number of rotatable bonds is 7. The Morgan fingerprint density at radius 2 is 1.40 bits per heavy atom. The molecule has 4 N–H and O–H groups in total. The van der Waals surface area contributed by atoms with Gasteiger partial charge in [0.2, 0.25) is 0 Å². The fourth-order valence-corrected chi connectivity index (χ4v) is 4.96. The van der Waals surface area contributed by atoms with E-state index in [0.29, 0.717) is 12.1 Å². The zero-order chi connectivity index (χ0) is 14.5. The van der Waals surface area contributed by atoms with Crippen LogP contribution >= 0.6 is 0 Å². The summed E-state index contributed by atoms with van der Waals surface area (Å²) >= 11 is 0. The molecular formula is C18H36N2. The second-order valence-corrected chi connectivity index (χ2v) is 7.62. The zero-order valence-electron chi connectivity index (χ0n) is 13.7. The topological polar surface area (TPSA) is 52.0 Å². The van der Waals surface area contributed by atoms with E-state index >= 15 is 0 Å². The van der Waals surface area contributed by atoms with E-state index in [-0.39, 0.29) is 0 Å². The fourth-order valence-electron chi connectivity index (χ4n) is 4.96. The molecule has 6 unspecified atom stereocenters. The van der Waals surface area contributed by atoms with Crippen LogP contribution in [0.2, 0.25) is 0 Å². The highest BCUT2D eigenvalue weighted by atomic mass is 14.7. The third-order valence-electron chi connectivity index (χ3n) is 6.15. The van der Waals surface area contributed by atoms with E-state index in [4.69, 9.17) is 11.5 Å². The molecule has 0 aliphatic heterocycles. The van der Waals surface area contributed by atoms with Crippen LogP contribution in [0.15, 0.2) is 0 Å². The van der Waals surface area contributed by atoms with Crippen molar-refractivity contribution < 1.29 is 0 Å². The van der Waals surface area contributed by atoms with Crippen molar-refractivity contribution in [2.75, 3.05) is 0 Å². The van der Waals surface area contributed by atoms with Gasteiger partial charge in [0.25, 0.3) is 0 Å². The molecule has 0 bridgehead atoms. The summed E-state index contributed by atoms with van der Waals surface area (Å²) in [6, 6.07) is 0.970. The quantitative estimate of drug-likeness (QED) is 0.738. The maximum atomic E-state index is 6.15. The van der Waals surface area contributed by atoms with Crippen LogP contribution in [0, 0.1) is 23.7 Å². The minimum absolute atomic E-state index is 0.485. The lowest BCUT2D eigenvalue weighted by atomic mass is 9.75. The third-order valence-corrected chi connectivity index (χ3v) is 6.15. The molecule has 0 saturated heterocycles. The van der Waals surface area contributed by atoms with Gasteiger partial charge < -0.3 is 11.5 Å². The molecule has 0 radical (unpaired) electrons. The molecule has 2 nitrogen and oxygen atoms in total. The lowest BCUT2D eigenvalue weighted by molar-refractivity contribution is 0.201. The van der Waals surface area contributed by atoms with Gasteiger partial charge in [-0.15, -0.1) is 0 Å². The van der Waals surface area contributed by atoms with Crippen molar-refractivity contribution in [1.29, 1.82) is 0 Å². The lowest BCUT2D eigenvalue weighted by Gasteiger charge is -2.31. The van der Waals surface area contributed by atoms with Gasteiger partial charge in [0.1, 0.15) is 0 Å². The van der Waals surface area contributed by atoms with Gasteiger partial charge >= 0.3 is 0 Å². The summed E-state index contributed by atoms with van der Waals surface area (Å²) in [5, 5.41) is 0. The van der Waals surface area contributed by atoms with Crippen LogP contribution in [0.4, 0.5) is 0 Å². The van der Waals surface area contributed by atoms with Crippen LogP contribution in [0.3, 0.4) is 0 Å². The predicted octanol–water partition coefficient (Wildman–Crippen LogP) is 4.07. The molecule has 0 amide bonds. The van der Waals surface area contributed by atoms with E-state index in [9.17, 15) is 0 Å². The lowest BCUT2D eigenvalue weighted by Crippen LogP contribution is -2.23. The molecule has 0 heterocycles. The largest absolute Gasteiger partial charge is 0.328 e. The smallest absolute Gasteiger partial charge is 0.00416 e. The van der Waals surface area contributed by atoms with E-state index in [1.807, 2.05) is 0 Å². The Balaban J connectivity index is 1.91. The summed E-state index contributed by atoms with van der Waals surface area (Å²) in [6.07, 6.45) is 13.4. The van der Waals surface area contributed by atoms with Crippen molar-refractivity contribution in [1.82, 2.24) is 0 Å². The van der Waals surface area contributed by atoms with E-state index in [0.717, 1.165) is 23.7 Å². The first-order valence-electron chi connectivity index (χ1n) is 9.15. The highest BCUT2D eigenvalue weighted by Crippen LogP contribution is 2.42. The Morgan fingerprint density at radius 3 is 1.80 bits per heavy atom. The van der Waals surface area contributed by atoms with Crippen LogP contribution in [-0.4, -0.2) is 12.1 Å². The summed E-state index contributed by atoms with van der Waals surface area (Å²) in [4.78, 5) is 0. The van der Waals surface area contributed by atoms with Crippen molar-refractivity contribution in [2.24, 2.45) is 35.1 Å². The Hall–Kier alpha value is -0.0800. The molecule has 0 spiro atoms. The standard InChI is InChI=1S/C18H36N2/c1-3-5-14(16-7-9-18(20)12-16)10-13(4-2)15-6-8-17(19)11-15/h13-18H,3-12,19-20H2,1-2H3. The van der Waals surface area contributed by atoms with Gasteiger partial charge in [0.05, 0.1) is 0 Å². The number of nitrogens with two attached hydrogens (primary N) is 2. The summed E-state index contributed by atoms with van der Waals surface area (Å²) in [5.74, 6) is 3.66. The van der Waals surface area contributed by atoms with Crippen molar-refractivity contribution >= 4 is 0 Å². The summed E-state index contributed by atoms with van der Waals surface area (Å²) in [6.45, 7) is 4.73. The monoisotopic (exact) mass is 280 g/mol. The minimum atomic E-state index is 0.485. The molecule has 20 heavy (non-hydrogen) atoms. The molecule has 2 aliphatic rings. The molecule has 0 aromatic heterocycles. The van der Waals surface area contributed by atoms with Crippen LogP contribution in [-0.2, 0) is 0 Å². The first-order chi connectivity index (χ1) is 9.63.